The quantitative estimate of drug-likeness (QED) is 0.791. The fraction of sp³-hybridized carbons (Fsp3) is 0.632. The molecule has 0 radical (unpaired) electrons. The lowest BCUT2D eigenvalue weighted by atomic mass is 9.89. The molecule has 0 unspecified atom stereocenters. The molecule has 1 saturated carbocycles. The molecular formula is C19H29FN2O2. The first kappa shape index (κ1) is 18.7. The second kappa shape index (κ2) is 9.62. The van der Waals surface area contributed by atoms with Gasteiger partial charge in [0.1, 0.15) is 0 Å². The predicted molar refractivity (Wildman–Crippen MR) is 93.5 cm³/mol. The SMILES string of the molecule is CCN(CC(=O)NCC1CCCCC1)Cc1ccc(OC)c(F)c1. The third kappa shape index (κ3) is 5.78. The van der Waals surface area contributed by atoms with Crippen LogP contribution in [-0.2, 0) is 11.3 Å². The average Bonchev–Trinajstić information content (AvgIpc) is 2.60. The maximum absolute atomic E-state index is 13.8. The van der Waals surface area contributed by atoms with E-state index in [1.54, 1.807) is 6.07 Å². The summed E-state index contributed by atoms with van der Waals surface area (Å²) in [5.74, 6) is 0.560. The van der Waals surface area contributed by atoms with Crippen molar-refractivity contribution < 1.29 is 13.9 Å². The van der Waals surface area contributed by atoms with Gasteiger partial charge in [-0.2, -0.15) is 0 Å². The fourth-order valence-electron chi connectivity index (χ4n) is 3.25. The predicted octanol–water partition coefficient (Wildman–Crippen LogP) is 3.35. The lowest BCUT2D eigenvalue weighted by Crippen LogP contribution is -2.39. The van der Waals surface area contributed by atoms with E-state index in [1.165, 1.54) is 45.3 Å². The number of amides is 1. The Labute approximate surface area is 144 Å². The Morgan fingerprint density at radius 1 is 1.33 bits per heavy atom. The van der Waals surface area contributed by atoms with Crippen LogP contribution < -0.4 is 10.1 Å². The molecule has 134 valence electrons. The van der Waals surface area contributed by atoms with Gasteiger partial charge in [-0.15, -0.1) is 0 Å². The molecule has 1 N–H and O–H groups in total. The van der Waals surface area contributed by atoms with Crippen molar-refractivity contribution in [2.45, 2.75) is 45.6 Å². The van der Waals surface area contributed by atoms with Gasteiger partial charge in [0.25, 0.3) is 0 Å². The molecular weight excluding hydrogens is 307 g/mol. The van der Waals surface area contributed by atoms with Gasteiger partial charge in [0.15, 0.2) is 11.6 Å². The zero-order chi connectivity index (χ0) is 17.4. The Morgan fingerprint density at radius 3 is 2.71 bits per heavy atom. The average molecular weight is 336 g/mol. The smallest absolute Gasteiger partial charge is 0.234 e. The second-order valence-electron chi connectivity index (χ2n) is 6.58. The molecule has 1 aromatic carbocycles. The summed E-state index contributed by atoms with van der Waals surface area (Å²) in [7, 11) is 1.45. The summed E-state index contributed by atoms with van der Waals surface area (Å²) >= 11 is 0. The molecule has 0 spiro atoms. The highest BCUT2D eigenvalue weighted by molar-refractivity contribution is 5.78. The van der Waals surface area contributed by atoms with Crippen LogP contribution in [0.15, 0.2) is 18.2 Å². The fourth-order valence-corrected chi connectivity index (χ4v) is 3.25. The van der Waals surface area contributed by atoms with Crippen molar-refractivity contribution in [3.05, 3.63) is 29.6 Å². The van der Waals surface area contributed by atoms with Gasteiger partial charge in [-0.1, -0.05) is 32.3 Å². The number of carbonyl (C=O) groups excluding carboxylic acids is 1. The Hall–Kier alpha value is -1.62. The highest BCUT2D eigenvalue weighted by atomic mass is 19.1. The van der Waals surface area contributed by atoms with Crippen LogP contribution in [0.1, 0.15) is 44.6 Å². The monoisotopic (exact) mass is 336 g/mol. The first-order valence-corrected chi connectivity index (χ1v) is 8.93. The summed E-state index contributed by atoms with van der Waals surface area (Å²) in [6, 6.07) is 4.94. The van der Waals surface area contributed by atoms with E-state index in [0.29, 0.717) is 19.0 Å². The van der Waals surface area contributed by atoms with Gasteiger partial charge < -0.3 is 10.1 Å². The molecule has 4 nitrogen and oxygen atoms in total. The van der Waals surface area contributed by atoms with Crippen LogP contribution in [0.2, 0.25) is 0 Å². The number of hydrogen-bond acceptors (Lipinski definition) is 3. The number of ether oxygens (including phenoxy) is 1. The number of nitrogens with zero attached hydrogens (tertiary/aromatic N) is 1. The lowest BCUT2D eigenvalue weighted by Gasteiger charge is -2.23. The molecule has 5 heteroatoms. The molecule has 1 fully saturated rings. The standard InChI is InChI=1S/C19H29FN2O2/c1-3-22(13-16-9-10-18(24-2)17(20)11-16)14-19(23)21-12-15-7-5-4-6-8-15/h9-11,15H,3-8,12-14H2,1-2H3,(H,21,23). The summed E-state index contributed by atoms with van der Waals surface area (Å²) in [5.41, 5.74) is 0.843. The molecule has 1 amide bonds. The molecule has 24 heavy (non-hydrogen) atoms. The summed E-state index contributed by atoms with van der Waals surface area (Å²) in [5, 5.41) is 3.06. The number of likely N-dealkylation sites (N-methyl/N-ethyl adjacent to an activating group) is 1. The van der Waals surface area contributed by atoms with Crippen LogP contribution in [0.4, 0.5) is 4.39 Å². The van der Waals surface area contributed by atoms with Gasteiger partial charge in [-0.3, -0.25) is 9.69 Å². The van der Waals surface area contributed by atoms with E-state index in [0.717, 1.165) is 18.7 Å². The van der Waals surface area contributed by atoms with Crippen LogP contribution in [0, 0.1) is 11.7 Å². The van der Waals surface area contributed by atoms with Gasteiger partial charge in [0.05, 0.1) is 13.7 Å². The third-order valence-electron chi connectivity index (χ3n) is 4.75. The van der Waals surface area contributed by atoms with Crippen molar-refractivity contribution in [3.63, 3.8) is 0 Å². The first-order valence-electron chi connectivity index (χ1n) is 8.93. The first-order chi connectivity index (χ1) is 11.6. The highest BCUT2D eigenvalue weighted by Gasteiger charge is 2.16. The molecule has 0 bridgehead atoms. The summed E-state index contributed by atoms with van der Waals surface area (Å²) in [6.07, 6.45) is 6.34. The van der Waals surface area contributed by atoms with Crippen LogP contribution in [-0.4, -0.2) is 37.6 Å². The van der Waals surface area contributed by atoms with Crippen molar-refractivity contribution in [1.82, 2.24) is 10.2 Å². The van der Waals surface area contributed by atoms with Crippen molar-refractivity contribution in [3.8, 4) is 5.75 Å². The molecule has 0 aromatic heterocycles. The van der Waals surface area contributed by atoms with Gasteiger partial charge in [-0.25, -0.2) is 4.39 Å². The normalized spacial score (nSPS) is 15.5. The Kier molecular flexibility index (Phi) is 7.50. The summed E-state index contributed by atoms with van der Waals surface area (Å²) in [4.78, 5) is 14.2. The molecule has 1 aliphatic rings. The zero-order valence-electron chi connectivity index (χ0n) is 14.8. The second-order valence-corrected chi connectivity index (χ2v) is 6.58. The molecule has 0 saturated heterocycles. The number of rotatable bonds is 8. The van der Waals surface area contributed by atoms with E-state index in [4.69, 9.17) is 4.74 Å². The largest absolute Gasteiger partial charge is 0.494 e. The van der Waals surface area contributed by atoms with Crippen molar-refractivity contribution >= 4 is 5.91 Å². The van der Waals surface area contributed by atoms with Crippen molar-refractivity contribution in [2.75, 3.05) is 26.7 Å². The van der Waals surface area contributed by atoms with Crippen LogP contribution >= 0.6 is 0 Å². The van der Waals surface area contributed by atoms with Crippen LogP contribution in [0.5, 0.6) is 5.75 Å². The van der Waals surface area contributed by atoms with E-state index in [2.05, 4.69) is 5.32 Å². The minimum Gasteiger partial charge on any atom is -0.494 e. The van der Waals surface area contributed by atoms with Gasteiger partial charge in [-0.05, 0) is 43.0 Å². The Balaban J connectivity index is 1.80. The lowest BCUT2D eigenvalue weighted by molar-refractivity contribution is -0.122. The van der Waals surface area contributed by atoms with Gasteiger partial charge in [0, 0.05) is 13.1 Å². The molecule has 2 rings (SSSR count). The summed E-state index contributed by atoms with van der Waals surface area (Å²) < 4.78 is 18.7. The molecule has 0 aliphatic heterocycles. The van der Waals surface area contributed by atoms with Gasteiger partial charge in [0.2, 0.25) is 5.91 Å². The van der Waals surface area contributed by atoms with Crippen molar-refractivity contribution in [1.29, 1.82) is 0 Å². The molecule has 0 heterocycles. The Morgan fingerprint density at radius 2 is 2.08 bits per heavy atom. The number of benzene rings is 1. The summed E-state index contributed by atoms with van der Waals surface area (Å²) in [6.45, 7) is 4.43. The van der Waals surface area contributed by atoms with E-state index >= 15 is 0 Å². The van der Waals surface area contributed by atoms with E-state index in [9.17, 15) is 9.18 Å². The number of nitrogens with one attached hydrogen (secondary N) is 1. The van der Waals surface area contributed by atoms with E-state index in [1.807, 2.05) is 17.9 Å². The van der Waals surface area contributed by atoms with Crippen LogP contribution in [0.3, 0.4) is 0 Å². The molecule has 1 aliphatic carbocycles. The number of hydrogen-bond donors (Lipinski definition) is 1. The number of methoxy groups -OCH3 is 1. The van der Waals surface area contributed by atoms with Crippen LogP contribution in [0.25, 0.3) is 0 Å². The van der Waals surface area contributed by atoms with Gasteiger partial charge >= 0.3 is 0 Å². The zero-order valence-corrected chi connectivity index (χ0v) is 14.8. The van der Waals surface area contributed by atoms with E-state index < -0.39 is 0 Å². The topological polar surface area (TPSA) is 41.6 Å². The molecule has 0 atom stereocenters. The number of halogens is 1. The number of carbonyl (C=O) groups is 1. The highest BCUT2D eigenvalue weighted by Crippen LogP contribution is 2.22. The molecule has 1 aromatic rings. The minimum absolute atomic E-state index is 0.0522. The maximum atomic E-state index is 13.8. The van der Waals surface area contributed by atoms with Crippen molar-refractivity contribution in [2.24, 2.45) is 5.92 Å². The third-order valence-corrected chi connectivity index (χ3v) is 4.75. The Bertz CT molecular complexity index is 530. The maximum Gasteiger partial charge on any atom is 0.234 e. The minimum atomic E-state index is -0.368. The van der Waals surface area contributed by atoms with E-state index in [-0.39, 0.29) is 17.5 Å².